The number of hydrogen-bond acceptors (Lipinski definition) is 4. The molecule has 0 aliphatic carbocycles. The number of hydrogen-bond donors (Lipinski definition) is 2. The maximum Gasteiger partial charge on any atom is 0.256 e. The molecule has 0 unspecified atom stereocenters. The highest BCUT2D eigenvalue weighted by molar-refractivity contribution is 5.98. The molecule has 0 spiro atoms. The number of rotatable bonds is 4. The molecule has 0 aromatic heterocycles. The molecular weight excluding hydrogens is 294 g/mol. The molecule has 6 nitrogen and oxygen atoms in total. The number of methoxy groups -OCH3 is 1. The Kier molecular flexibility index (Phi) is 4.63. The van der Waals surface area contributed by atoms with Crippen LogP contribution in [0.1, 0.15) is 25.7 Å². The first-order chi connectivity index (χ1) is 11.1. The van der Waals surface area contributed by atoms with Crippen molar-refractivity contribution in [3.8, 4) is 0 Å². The average Bonchev–Trinajstić information content (AvgIpc) is 3.02. The number of piperidine rings is 1. The fraction of sp³-hybridized carbons (Fsp3) is 0.529. The van der Waals surface area contributed by atoms with Crippen molar-refractivity contribution >= 4 is 23.2 Å². The SMILES string of the molecule is COC1(C(=O)Nc2ccc(N3CCCC3=O)cc2)CCNCC1. The van der Waals surface area contributed by atoms with Crippen LogP contribution in [0.4, 0.5) is 11.4 Å². The fourth-order valence-corrected chi connectivity index (χ4v) is 3.25. The van der Waals surface area contributed by atoms with Gasteiger partial charge in [-0.3, -0.25) is 9.59 Å². The molecule has 2 N–H and O–H groups in total. The first-order valence-corrected chi connectivity index (χ1v) is 8.12. The van der Waals surface area contributed by atoms with Crippen LogP contribution >= 0.6 is 0 Å². The molecule has 0 bridgehead atoms. The van der Waals surface area contributed by atoms with Crippen molar-refractivity contribution in [2.24, 2.45) is 0 Å². The molecule has 0 atom stereocenters. The van der Waals surface area contributed by atoms with Crippen molar-refractivity contribution in [2.45, 2.75) is 31.3 Å². The van der Waals surface area contributed by atoms with Crippen molar-refractivity contribution in [1.29, 1.82) is 0 Å². The molecule has 2 saturated heterocycles. The maximum atomic E-state index is 12.6. The van der Waals surface area contributed by atoms with Gasteiger partial charge in [0.05, 0.1) is 0 Å². The van der Waals surface area contributed by atoms with Crippen LogP contribution in [0.3, 0.4) is 0 Å². The molecule has 1 aromatic rings. The Labute approximate surface area is 136 Å². The van der Waals surface area contributed by atoms with Gasteiger partial charge >= 0.3 is 0 Å². The number of nitrogens with zero attached hydrogens (tertiary/aromatic N) is 1. The molecule has 2 fully saturated rings. The zero-order valence-corrected chi connectivity index (χ0v) is 13.4. The van der Waals surface area contributed by atoms with Crippen molar-refractivity contribution in [3.05, 3.63) is 24.3 Å². The molecule has 2 aliphatic rings. The summed E-state index contributed by atoms with van der Waals surface area (Å²) in [5, 5.41) is 6.18. The molecule has 3 rings (SSSR count). The number of carbonyl (C=O) groups excluding carboxylic acids is 2. The van der Waals surface area contributed by atoms with Gasteiger partial charge < -0.3 is 20.3 Å². The second-order valence-corrected chi connectivity index (χ2v) is 6.10. The molecule has 2 amide bonds. The first-order valence-electron chi connectivity index (χ1n) is 8.12. The van der Waals surface area contributed by atoms with Crippen LogP contribution in [-0.4, -0.2) is 44.2 Å². The smallest absolute Gasteiger partial charge is 0.256 e. The molecule has 0 radical (unpaired) electrons. The second-order valence-electron chi connectivity index (χ2n) is 6.10. The Morgan fingerprint density at radius 3 is 2.52 bits per heavy atom. The van der Waals surface area contributed by atoms with E-state index < -0.39 is 5.60 Å². The second kappa shape index (κ2) is 6.68. The molecule has 2 aliphatic heterocycles. The van der Waals surface area contributed by atoms with Crippen LogP contribution in [0.2, 0.25) is 0 Å². The number of benzene rings is 1. The van der Waals surface area contributed by atoms with E-state index >= 15 is 0 Å². The van der Waals surface area contributed by atoms with E-state index in [-0.39, 0.29) is 11.8 Å². The summed E-state index contributed by atoms with van der Waals surface area (Å²) < 4.78 is 5.53. The third kappa shape index (κ3) is 3.23. The van der Waals surface area contributed by atoms with Crippen LogP contribution in [0, 0.1) is 0 Å². The van der Waals surface area contributed by atoms with E-state index in [1.54, 1.807) is 12.0 Å². The van der Waals surface area contributed by atoms with Gasteiger partial charge in [-0.05, 0) is 56.6 Å². The van der Waals surface area contributed by atoms with Crippen molar-refractivity contribution < 1.29 is 14.3 Å². The third-order valence-electron chi connectivity index (χ3n) is 4.73. The summed E-state index contributed by atoms with van der Waals surface area (Å²) >= 11 is 0. The van der Waals surface area contributed by atoms with Crippen molar-refractivity contribution in [1.82, 2.24) is 5.32 Å². The fourth-order valence-electron chi connectivity index (χ4n) is 3.25. The zero-order chi connectivity index (χ0) is 16.3. The summed E-state index contributed by atoms with van der Waals surface area (Å²) in [4.78, 5) is 26.1. The first kappa shape index (κ1) is 16.0. The highest BCUT2D eigenvalue weighted by Gasteiger charge is 2.39. The number of ether oxygens (including phenoxy) is 1. The lowest BCUT2D eigenvalue weighted by Gasteiger charge is -2.34. The Hall–Kier alpha value is -1.92. The van der Waals surface area contributed by atoms with Gasteiger partial charge in [0.2, 0.25) is 5.91 Å². The summed E-state index contributed by atoms with van der Waals surface area (Å²) in [5.74, 6) is 0.0568. The summed E-state index contributed by atoms with van der Waals surface area (Å²) in [6.45, 7) is 2.32. The molecular formula is C17H23N3O3. The topological polar surface area (TPSA) is 70.7 Å². The number of carbonyl (C=O) groups is 2. The van der Waals surface area contributed by atoms with Gasteiger partial charge in [-0.25, -0.2) is 0 Å². The van der Waals surface area contributed by atoms with E-state index in [0.717, 1.165) is 37.4 Å². The minimum absolute atomic E-state index is 0.105. The van der Waals surface area contributed by atoms with Crippen LogP contribution in [0.15, 0.2) is 24.3 Å². The Morgan fingerprint density at radius 2 is 1.96 bits per heavy atom. The van der Waals surface area contributed by atoms with E-state index in [9.17, 15) is 9.59 Å². The molecule has 6 heteroatoms. The normalized spacial score (nSPS) is 20.6. The monoisotopic (exact) mass is 317 g/mol. The predicted molar refractivity (Wildman–Crippen MR) is 88.5 cm³/mol. The number of anilines is 2. The standard InChI is InChI=1S/C17H23N3O3/c1-23-17(8-10-18-11-9-17)16(22)19-13-4-6-14(7-5-13)20-12-2-3-15(20)21/h4-7,18H,2-3,8-12H2,1H3,(H,19,22). The van der Waals surface area contributed by atoms with E-state index in [1.165, 1.54) is 0 Å². The molecule has 0 saturated carbocycles. The highest BCUT2D eigenvalue weighted by atomic mass is 16.5. The zero-order valence-electron chi connectivity index (χ0n) is 13.4. The van der Waals surface area contributed by atoms with Gasteiger partial charge in [-0.1, -0.05) is 0 Å². The van der Waals surface area contributed by atoms with Crippen LogP contribution in [0.5, 0.6) is 0 Å². The van der Waals surface area contributed by atoms with E-state index in [1.807, 2.05) is 24.3 Å². The summed E-state index contributed by atoms with van der Waals surface area (Å²) in [6, 6.07) is 7.42. The van der Waals surface area contributed by atoms with Gasteiger partial charge in [0.25, 0.3) is 5.91 Å². The third-order valence-corrected chi connectivity index (χ3v) is 4.73. The predicted octanol–water partition coefficient (Wildman–Crippen LogP) is 1.52. The maximum absolute atomic E-state index is 12.6. The van der Waals surface area contributed by atoms with E-state index in [0.29, 0.717) is 19.3 Å². The summed E-state index contributed by atoms with van der Waals surface area (Å²) in [7, 11) is 1.59. The minimum atomic E-state index is -0.755. The summed E-state index contributed by atoms with van der Waals surface area (Å²) in [6.07, 6.45) is 2.84. The van der Waals surface area contributed by atoms with Gasteiger partial charge in [0.1, 0.15) is 5.60 Å². The average molecular weight is 317 g/mol. The Morgan fingerprint density at radius 1 is 1.26 bits per heavy atom. The molecule has 23 heavy (non-hydrogen) atoms. The highest BCUT2D eigenvalue weighted by Crippen LogP contribution is 2.26. The van der Waals surface area contributed by atoms with E-state index in [4.69, 9.17) is 4.74 Å². The largest absolute Gasteiger partial charge is 0.368 e. The molecule has 1 aromatic carbocycles. The molecule has 2 heterocycles. The Balaban J connectivity index is 1.68. The summed E-state index contributed by atoms with van der Waals surface area (Å²) in [5.41, 5.74) is 0.851. The van der Waals surface area contributed by atoms with Crippen LogP contribution < -0.4 is 15.5 Å². The quantitative estimate of drug-likeness (QED) is 0.883. The van der Waals surface area contributed by atoms with Gasteiger partial charge in [-0.15, -0.1) is 0 Å². The lowest BCUT2D eigenvalue weighted by molar-refractivity contribution is -0.140. The molecule has 124 valence electrons. The lowest BCUT2D eigenvalue weighted by atomic mass is 9.91. The van der Waals surface area contributed by atoms with Crippen molar-refractivity contribution in [3.63, 3.8) is 0 Å². The number of amides is 2. The van der Waals surface area contributed by atoms with Crippen LogP contribution in [0.25, 0.3) is 0 Å². The van der Waals surface area contributed by atoms with Crippen molar-refractivity contribution in [2.75, 3.05) is 37.0 Å². The van der Waals surface area contributed by atoms with Gasteiger partial charge in [-0.2, -0.15) is 0 Å². The lowest BCUT2D eigenvalue weighted by Crippen LogP contribution is -2.51. The minimum Gasteiger partial charge on any atom is -0.368 e. The van der Waals surface area contributed by atoms with Gasteiger partial charge in [0.15, 0.2) is 0 Å². The van der Waals surface area contributed by atoms with E-state index in [2.05, 4.69) is 10.6 Å². The van der Waals surface area contributed by atoms with Gasteiger partial charge in [0, 0.05) is 31.5 Å². The van der Waals surface area contributed by atoms with Crippen LogP contribution in [-0.2, 0) is 14.3 Å². The number of nitrogens with one attached hydrogen (secondary N) is 2. The Bertz CT molecular complexity index is 579.